The van der Waals surface area contributed by atoms with Gasteiger partial charge in [0.1, 0.15) is 0 Å². The molecule has 0 unspecified atom stereocenters. The molecule has 0 saturated carbocycles. The molecule has 4 nitrogen and oxygen atoms in total. The van der Waals surface area contributed by atoms with Gasteiger partial charge in [0.05, 0.1) is 0 Å². The van der Waals surface area contributed by atoms with Crippen molar-refractivity contribution in [3.05, 3.63) is 65.2 Å². The van der Waals surface area contributed by atoms with Gasteiger partial charge in [-0.1, -0.05) is 31.5 Å². The normalized spacial score (nSPS) is 13.2. The molecule has 2 aromatic rings. The lowest BCUT2D eigenvalue weighted by molar-refractivity contribution is 0.0792. The summed E-state index contributed by atoms with van der Waals surface area (Å²) in [6.07, 6.45) is 4.04. The first-order chi connectivity index (χ1) is 12.6. The van der Waals surface area contributed by atoms with Gasteiger partial charge in [-0.3, -0.25) is 9.59 Å². The Bertz CT molecular complexity index is 783. The maximum absolute atomic E-state index is 12.9. The van der Waals surface area contributed by atoms with Crippen LogP contribution in [0.5, 0.6) is 0 Å². The van der Waals surface area contributed by atoms with Crippen LogP contribution in [0.1, 0.15) is 52.5 Å². The molecule has 0 aromatic heterocycles. The van der Waals surface area contributed by atoms with Gasteiger partial charge < -0.3 is 9.80 Å². The van der Waals surface area contributed by atoms with Crippen LogP contribution >= 0.6 is 0 Å². The van der Waals surface area contributed by atoms with Crippen molar-refractivity contribution in [3.63, 3.8) is 0 Å². The van der Waals surface area contributed by atoms with Gasteiger partial charge in [-0.2, -0.15) is 0 Å². The number of rotatable bonds is 5. The summed E-state index contributed by atoms with van der Waals surface area (Å²) in [4.78, 5) is 29.0. The molecule has 136 valence electrons. The Morgan fingerprint density at radius 1 is 1.04 bits per heavy atom. The Morgan fingerprint density at radius 3 is 2.46 bits per heavy atom. The number of anilines is 1. The van der Waals surface area contributed by atoms with Crippen molar-refractivity contribution in [2.45, 2.75) is 32.6 Å². The molecule has 0 fully saturated rings. The second-order valence-electron chi connectivity index (χ2n) is 6.85. The van der Waals surface area contributed by atoms with Gasteiger partial charge in [0.2, 0.25) is 0 Å². The molecule has 0 atom stereocenters. The molecule has 1 aliphatic heterocycles. The number of nitrogens with zero attached hydrogens (tertiary/aromatic N) is 2. The van der Waals surface area contributed by atoms with Gasteiger partial charge in [0.25, 0.3) is 11.8 Å². The van der Waals surface area contributed by atoms with E-state index < -0.39 is 0 Å². The highest BCUT2D eigenvalue weighted by molar-refractivity contribution is 6.07. The smallest absolute Gasteiger partial charge is 0.258 e. The Balaban J connectivity index is 1.75. The maximum Gasteiger partial charge on any atom is 0.258 e. The zero-order valence-electron chi connectivity index (χ0n) is 15.6. The predicted molar refractivity (Wildman–Crippen MR) is 105 cm³/mol. The Morgan fingerprint density at radius 2 is 1.73 bits per heavy atom. The topological polar surface area (TPSA) is 40.6 Å². The number of fused-ring (bicyclic) bond motifs is 1. The van der Waals surface area contributed by atoms with Crippen molar-refractivity contribution >= 4 is 17.5 Å². The second kappa shape index (κ2) is 8.17. The standard InChI is InChI=1S/C22H26N2O2/c1-3-4-15-23(2)21(25)18-11-13-19(14-12-18)22(26)24-16-7-9-17-8-5-6-10-20(17)24/h5-6,8,10-14H,3-4,7,9,15-16H2,1-2H3. The molecule has 2 amide bonds. The van der Waals surface area contributed by atoms with E-state index in [0.717, 1.165) is 44.5 Å². The third-order valence-electron chi connectivity index (χ3n) is 4.93. The summed E-state index contributed by atoms with van der Waals surface area (Å²) in [5.74, 6) is -0.00347. The maximum atomic E-state index is 12.9. The molecule has 1 aliphatic rings. The van der Waals surface area contributed by atoms with Crippen LogP contribution in [0.2, 0.25) is 0 Å². The third-order valence-corrected chi connectivity index (χ3v) is 4.93. The van der Waals surface area contributed by atoms with Gasteiger partial charge in [0, 0.05) is 37.0 Å². The van der Waals surface area contributed by atoms with Crippen LogP contribution in [0.15, 0.2) is 48.5 Å². The molecule has 26 heavy (non-hydrogen) atoms. The van der Waals surface area contributed by atoms with E-state index in [1.54, 1.807) is 29.2 Å². The lowest BCUT2D eigenvalue weighted by atomic mass is 10.0. The van der Waals surface area contributed by atoms with E-state index in [9.17, 15) is 9.59 Å². The van der Waals surface area contributed by atoms with Crippen molar-refractivity contribution in [1.29, 1.82) is 0 Å². The number of aryl methyl sites for hydroxylation is 1. The fraction of sp³-hybridized carbons (Fsp3) is 0.364. The van der Waals surface area contributed by atoms with E-state index >= 15 is 0 Å². The van der Waals surface area contributed by atoms with E-state index in [-0.39, 0.29) is 11.8 Å². The molecule has 0 aliphatic carbocycles. The van der Waals surface area contributed by atoms with Crippen molar-refractivity contribution < 1.29 is 9.59 Å². The molecular formula is C22H26N2O2. The van der Waals surface area contributed by atoms with Crippen molar-refractivity contribution in [1.82, 2.24) is 4.90 Å². The zero-order chi connectivity index (χ0) is 18.5. The monoisotopic (exact) mass is 350 g/mol. The van der Waals surface area contributed by atoms with E-state index in [1.807, 2.05) is 30.1 Å². The van der Waals surface area contributed by atoms with E-state index in [2.05, 4.69) is 13.0 Å². The van der Waals surface area contributed by atoms with Crippen LogP contribution in [0, 0.1) is 0 Å². The van der Waals surface area contributed by atoms with Gasteiger partial charge in [-0.05, 0) is 55.2 Å². The Hall–Kier alpha value is -2.62. The minimum absolute atomic E-state index is 0.000710. The second-order valence-corrected chi connectivity index (χ2v) is 6.85. The molecule has 0 spiro atoms. The fourth-order valence-electron chi connectivity index (χ4n) is 3.37. The summed E-state index contributed by atoms with van der Waals surface area (Å²) in [6.45, 7) is 3.59. The first kappa shape index (κ1) is 18.2. The van der Waals surface area contributed by atoms with Crippen LogP contribution < -0.4 is 4.90 Å². The summed E-state index contributed by atoms with van der Waals surface area (Å²) < 4.78 is 0. The fourth-order valence-corrected chi connectivity index (χ4v) is 3.37. The van der Waals surface area contributed by atoms with Crippen LogP contribution in [0.25, 0.3) is 0 Å². The van der Waals surface area contributed by atoms with E-state index in [1.165, 1.54) is 5.56 Å². The van der Waals surface area contributed by atoms with Crippen LogP contribution in [0.3, 0.4) is 0 Å². The Kier molecular flexibility index (Phi) is 5.71. The minimum Gasteiger partial charge on any atom is -0.342 e. The highest BCUT2D eigenvalue weighted by atomic mass is 16.2. The number of hydrogen-bond acceptors (Lipinski definition) is 2. The molecule has 0 N–H and O–H groups in total. The van der Waals surface area contributed by atoms with Crippen LogP contribution in [-0.2, 0) is 6.42 Å². The molecule has 0 saturated heterocycles. The average molecular weight is 350 g/mol. The van der Waals surface area contributed by atoms with Crippen molar-refractivity contribution in [3.8, 4) is 0 Å². The molecule has 1 heterocycles. The highest BCUT2D eigenvalue weighted by Crippen LogP contribution is 2.28. The minimum atomic E-state index is -0.00418. The lowest BCUT2D eigenvalue weighted by Gasteiger charge is -2.29. The van der Waals surface area contributed by atoms with Crippen LogP contribution in [0.4, 0.5) is 5.69 Å². The van der Waals surface area contributed by atoms with Gasteiger partial charge >= 0.3 is 0 Å². The third kappa shape index (κ3) is 3.79. The van der Waals surface area contributed by atoms with E-state index in [0.29, 0.717) is 11.1 Å². The molecular weight excluding hydrogens is 324 g/mol. The molecule has 2 aromatic carbocycles. The van der Waals surface area contributed by atoms with Gasteiger partial charge in [0.15, 0.2) is 0 Å². The van der Waals surface area contributed by atoms with Crippen molar-refractivity contribution in [2.24, 2.45) is 0 Å². The number of hydrogen-bond donors (Lipinski definition) is 0. The molecule has 0 bridgehead atoms. The number of carbonyl (C=O) groups is 2. The summed E-state index contributed by atoms with van der Waals surface area (Å²) >= 11 is 0. The van der Waals surface area contributed by atoms with Crippen LogP contribution in [-0.4, -0.2) is 36.9 Å². The summed E-state index contributed by atoms with van der Waals surface area (Å²) in [7, 11) is 1.82. The summed E-state index contributed by atoms with van der Waals surface area (Å²) in [5.41, 5.74) is 3.47. The highest BCUT2D eigenvalue weighted by Gasteiger charge is 2.23. The quantitative estimate of drug-likeness (QED) is 0.813. The zero-order valence-corrected chi connectivity index (χ0v) is 15.6. The average Bonchev–Trinajstić information content (AvgIpc) is 2.70. The van der Waals surface area contributed by atoms with Gasteiger partial charge in [-0.15, -0.1) is 0 Å². The van der Waals surface area contributed by atoms with E-state index in [4.69, 9.17) is 0 Å². The first-order valence-corrected chi connectivity index (χ1v) is 9.37. The number of unbranched alkanes of at least 4 members (excludes halogenated alkanes) is 1. The number of benzene rings is 2. The van der Waals surface area contributed by atoms with Gasteiger partial charge in [-0.25, -0.2) is 0 Å². The lowest BCUT2D eigenvalue weighted by Crippen LogP contribution is -2.35. The summed E-state index contributed by atoms with van der Waals surface area (Å²) in [6, 6.07) is 15.1. The predicted octanol–water partition coefficient (Wildman–Crippen LogP) is 4.15. The molecule has 4 heteroatoms. The molecule has 0 radical (unpaired) electrons. The Labute approximate surface area is 155 Å². The first-order valence-electron chi connectivity index (χ1n) is 9.37. The van der Waals surface area contributed by atoms with Crippen molar-refractivity contribution in [2.75, 3.05) is 25.0 Å². The number of carbonyl (C=O) groups excluding carboxylic acids is 2. The summed E-state index contributed by atoms with van der Waals surface area (Å²) in [5, 5.41) is 0. The number of para-hydroxylation sites is 1. The SMILES string of the molecule is CCCCN(C)C(=O)c1ccc(C(=O)N2CCCc3ccccc32)cc1. The molecule has 3 rings (SSSR count). The largest absolute Gasteiger partial charge is 0.342 e. The number of amides is 2.